The number of esters is 1. The molecule has 0 bridgehead atoms. The van der Waals surface area contributed by atoms with Crippen molar-refractivity contribution in [3.63, 3.8) is 0 Å². The number of aliphatic hydroxyl groups is 1. The Bertz CT molecular complexity index is 908. The molecule has 0 radical (unpaired) electrons. The minimum atomic E-state index is -0.836. The van der Waals surface area contributed by atoms with Crippen molar-refractivity contribution in [2.75, 3.05) is 20.3 Å². The number of rotatable bonds is 12. The number of carbonyl (C=O) groups is 1. The van der Waals surface area contributed by atoms with Gasteiger partial charge in [-0.3, -0.25) is 0 Å². The molecule has 1 fully saturated rings. The summed E-state index contributed by atoms with van der Waals surface area (Å²) in [5.74, 6) is -0.470. The van der Waals surface area contributed by atoms with E-state index in [0.717, 1.165) is 11.3 Å². The molecule has 1 N–H and O–H groups in total. The zero-order valence-electron chi connectivity index (χ0n) is 20.0. The maximum absolute atomic E-state index is 12.7. The number of aliphatic hydroxyl groups excluding tert-OH is 1. The molecule has 34 heavy (non-hydrogen) atoms. The van der Waals surface area contributed by atoms with Crippen molar-refractivity contribution in [1.29, 1.82) is 0 Å². The molecule has 0 amide bonds. The molecular formula is C27H34O7. The lowest BCUT2D eigenvalue weighted by molar-refractivity contribution is -0.153. The summed E-state index contributed by atoms with van der Waals surface area (Å²) < 4.78 is 28.7. The van der Waals surface area contributed by atoms with Crippen LogP contribution in [0.1, 0.15) is 42.6 Å². The van der Waals surface area contributed by atoms with Gasteiger partial charge in [-0.05, 0) is 62.6 Å². The van der Waals surface area contributed by atoms with Gasteiger partial charge in [-0.1, -0.05) is 36.4 Å². The molecule has 1 heterocycles. The fourth-order valence-corrected chi connectivity index (χ4v) is 3.77. The van der Waals surface area contributed by atoms with Crippen molar-refractivity contribution in [3.05, 3.63) is 77.9 Å². The van der Waals surface area contributed by atoms with E-state index in [4.69, 9.17) is 23.7 Å². The highest BCUT2D eigenvalue weighted by Crippen LogP contribution is 2.33. The van der Waals surface area contributed by atoms with Crippen molar-refractivity contribution in [2.45, 2.75) is 57.4 Å². The standard InChI is InChI=1S/C27H34O7/c1-27(2)33-24(16-17-28)25(34-27)23(32-26(29)21-9-5-4-6-10-21)11-7-8-18-31-19-20-12-14-22(30-3)15-13-20/h4-7,9-15,23-25,28H,8,16-19H2,1-3H3/t23?,24-,25+/m0/s1. The van der Waals surface area contributed by atoms with E-state index in [1.807, 2.05) is 56.3 Å². The normalized spacial score (nSPS) is 20.4. The first kappa shape index (κ1) is 25.9. The van der Waals surface area contributed by atoms with Gasteiger partial charge >= 0.3 is 5.97 Å². The van der Waals surface area contributed by atoms with Crippen LogP contribution in [0.5, 0.6) is 5.75 Å². The van der Waals surface area contributed by atoms with Gasteiger partial charge in [0.1, 0.15) is 18.0 Å². The Hall–Kier alpha value is -2.71. The van der Waals surface area contributed by atoms with Gasteiger partial charge in [0.2, 0.25) is 0 Å². The van der Waals surface area contributed by atoms with E-state index in [9.17, 15) is 9.90 Å². The average molecular weight is 471 g/mol. The second kappa shape index (κ2) is 12.7. The molecule has 0 spiro atoms. The predicted octanol–water partition coefficient (Wildman–Crippen LogP) is 4.29. The lowest BCUT2D eigenvalue weighted by atomic mass is 10.0. The van der Waals surface area contributed by atoms with Crippen LogP contribution in [-0.4, -0.2) is 55.5 Å². The van der Waals surface area contributed by atoms with Crippen LogP contribution in [0.25, 0.3) is 0 Å². The Morgan fingerprint density at radius 3 is 2.53 bits per heavy atom. The Kier molecular flexibility index (Phi) is 9.65. The molecule has 0 aromatic heterocycles. The molecule has 1 aliphatic heterocycles. The molecule has 1 saturated heterocycles. The van der Waals surface area contributed by atoms with E-state index in [0.29, 0.717) is 31.6 Å². The quantitative estimate of drug-likeness (QED) is 0.282. The Morgan fingerprint density at radius 1 is 1.12 bits per heavy atom. The van der Waals surface area contributed by atoms with Crippen molar-refractivity contribution < 1.29 is 33.6 Å². The largest absolute Gasteiger partial charge is 0.497 e. The number of hydrogen-bond donors (Lipinski definition) is 1. The molecular weight excluding hydrogens is 436 g/mol. The SMILES string of the molecule is COc1ccc(COCCC=CC(OC(=O)c2ccccc2)[C@H]2OC(C)(C)O[C@H]2CCO)cc1. The van der Waals surface area contributed by atoms with Crippen molar-refractivity contribution in [1.82, 2.24) is 0 Å². The van der Waals surface area contributed by atoms with Gasteiger partial charge < -0.3 is 28.8 Å². The molecule has 3 rings (SSSR count). The Balaban J connectivity index is 1.60. The summed E-state index contributed by atoms with van der Waals surface area (Å²) in [5, 5.41) is 9.47. The van der Waals surface area contributed by atoms with Gasteiger partial charge in [0.05, 0.1) is 32.0 Å². The fraction of sp³-hybridized carbons (Fsp3) is 0.444. The molecule has 0 aliphatic carbocycles. The third-order valence-corrected chi connectivity index (χ3v) is 5.39. The minimum Gasteiger partial charge on any atom is -0.497 e. The number of hydrogen-bond acceptors (Lipinski definition) is 7. The van der Waals surface area contributed by atoms with Crippen LogP contribution in [0.2, 0.25) is 0 Å². The first-order valence-corrected chi connectivity index (χ1v) is 11.5. The second-order valence-corrected chi connectivity index (χ2v) is 8.50. The monoisotopic (exact) mass is 470 g/mol. The number of ether oxygens (including phenoxy) is 5. The first-order valence-electron chi connectivity index (χ1n) is 11.5. The maximum Gasteiger partial charge on any atom is 0.338 e. The zero-order valence-corrected chi connectivity index (χ0v) is 20.0. The minimum absolute atomic E-state index is 0.0527. The van der Waals surface area contributed by atoms with E-state index < -0.39 is 30.1 Å². The topological polar surface area (TPSA) is 83.5 Å². The fourth-order valence-electron chi connectivity index (χ4n) is 3.77. The van der Waals surface area contributed by atoms with Crippen LogP contribution in [0, 0.1) is 0 Å². The van der Waals surface area contributed by atoms with Crippen LogP contribution in [0.3, 0.4) is 0 Å². The summed E-state index contributed by atoms with van der Waals surface area (Å²) in [6, 6.07) is 16.6. The van der Waals surface area contributed by atoms with Crippen molar-refractivity contribution in [2.24, 2.45) is 0 Å². The van der Waals surface area contributed by atoms with Crippen molar-refractivity contribution >= 4 is 5.97 Å². The summed E-state index contributed by atoms with van der Waals surface area (Å²) in [5.41, 5.74) is 1.52. The lowest BCUT2D eigenvalue weighted by Gasteiger charge is -2.24. The highest BCUT2D eigenvalue weighted by atomic mass is 16.8. The molecule has 2 aromatic carbocycles. The number of carbonyl (C=O) groups excluding carboxylic acids is 1. The van der Waals surface area contributed by atoms with Gasteiger partial charge in [0.15, 0.2) is 5.79 Å². The molecule has 3 atom stereocenters. The smallest absolute Gasteiger partial charge is 0.338 e. The summed E-state index contributed by atoms with van der Waals surface area (Å²) >= 11 is 0. The van der Waals surface area contributed by atoms with E-state index >= 15 is 0 Å². The van der Waals surface area contributed by atoms with Gasteiger partial charge in [0, 0.05) is 6.61 Å². The highest BCUT2D eigenvalue weighted by molar-refractivity contribution is 5.89. The summed E-state index contributed by atoms with van der Waals surface area (Å²) in [4.78, 5) is 12.7. The van der Waals surface area contributed by atoms with Gasteiger partial charge in [-0.25, -0.2) is 4.79 Å². The molecule has 7 nitrogen and oxygen atoms in total. The molecule has 184 valence electrons. The molecule has 0 saturated carbocycles. The number of benzene rings is 2. The zero-order chi connectivity index (χ0) is 24.4. The lowest BCUT2D eigenvalue weighted by Crippen LogP contribution is -2.38. The van der Waals surface area contributed by atoms with Gasteiger partial charge in [-0.2, -0.15) is 0 Å². The van der Waals surface area contributed by atoms with Crippen LogP contribution in [0.4, 0.5) is 0 Å². The summed E-state index contributed by atoms with van der Waals surface area (Å²) in [7, 11) is 1.64. The summed E-state index contributed by atoms with van der Waals surface area (Å²) in [6.45, 7) is 4.57. The van der Waals surface area contributed by atoms with Gasteiger partial charge in [0.25, 0.3) is 0 Å². The van der Waals surface area contributed by atoms with E-state index in [1.54, 1.807) is 31.4 Å². The predicted molar refractivity (Wildman–Crippen MR) is 128 cm³/mol. The van der Waals surface area contributed by atoms with E-state index in [2.05, 4.69) is 0 Å². The molecule has 1 unspecified atom stereocenters. The molecule has 7 heteroatoms. The van der Waals surface area contributed by atoms with E-state index in [-0.39, 0.29) is 6.61 Å². The summed E-state index contributed by atoms with van der Waals surface area (Å²) in [6.07, 6.45) is 3.14. The van der Waals surface area contributed by atoms with Crippen LogP contribution < -0.4 is 4.74 Å². The first-order chi connectivity index (χ1) is 16.4. The van der Waals surface area contributed by atoms with Crippen molar-refractivity contribution in [3.8, 4) is 5.75 Å². The number of methoxy groups -OCH3 is 1. The second-order valence-electron chi connectivity index (χ2n) is 8.50. The highest BCUT2D eigenvalue weighted by Gasteiger charge is 2.45. The maximum atomic E-state index is 12.7. The van der Waals surface area contributed by atoms with Crippen LogP contribution in [-0.2, 0) is 25.6 Å². The van der Waals surface area contributed by atoms with Gasteiger partial charge in [-0.15, -0.1) is 0 Å². The molecule has 2 aromatic rings. The van der Waals surface area contributed by atoms with Crippen LogP contribution >= 0.6 is 0 Å². The average Bonchev–Trinajstić information content (AvgIpc) is 3.15. The van der Waals surface area contributed by atoms with Crippen LogP contribution in [0.15, 0.2) is 66.7 Å². The van der Waals surface area contributed by atoms with E-state index in [1.165, 1.54) is 0 Å². The molecule has 1 aliphatic rings. The Morgan fingerprint density at radius 2 is 1.85 bits per heavy atom. The third-order valence-electron chi connectivity index (χ3n) is 5.39. The third kappa shape index (κ3) is 7.67. The Labute approximate surface area is 201 Å².